The zero-order valence-corrected chi connectivity index (χ0v) is 10.7. The average Bonchev–Trinajstić information content (AvgIpc) is 2.28. The Morgan fingerprint density at radius 1 is 1.35 bits per heavy atom. The third kappa shape index (κ3) is 3.19. The van der Waals surface area contributed by atoms with Crippen LogP contribution >= 0.6 is 0 Å². The van der Waals surface area contributed by atoms with Crippen LogP contribution in [0.5, 0.6) is 0 Å². The molecule has 0 radical (unpaired) electrons. The van der Waals surface area contributed by atoms with Gasteiger partial charge in [-0.1, -0.05) is 13.8 Å². The highest BCUT2D eigenvalue weighted by atomic mass is 16.4. The lowest BCUT2D eigenvalue weighted by molar-refractivity contribution is 0.0697. The normalized spacial score (nSPS) is 10.3. The molecule has 0 aliphatic heterocycles. The molecule has 0 aliphatic carbocycles. The van der Waals surface area contributed by atoms with Crippen molar-refractivity contribution >= 4 is 11.7 Å². The quantitative estimate of drug-likeness (QED) is 0.825. The van der Waals surface area contributed by atoms with Crippen LogP contribution in [0.3, 0.4) is 0 Å². The summed E-state index contributed by atoms with van der Waals surface area (Å²) in [5.74, 6) is -0.886. The Balaban J connectivity index is 3.19. The molecule has 0 spiro atoms. The maximum Gasteiger partial charge on any atom is 0.337 e. The Kier molecular flexibility index (Phi) is 4.94. The molecule has 0 amide bonds. The lowest BCUT2D eigenvalue weighted by Crippen LogP contribution is -2.28. The molecule has 1 N–H and O–H groups in total. The van der Waals surface area contributed by atoms with Crippen LogP contribution in [0.1, 0.15) is 42.7 Å². The largest absolute Gasteiger partial charge is 0.478 e. The molecule has 1 heterocycles. The maximum atomic E-state index is 11.2. The maximum absolute atomic E-state index is 11.2. The van der Waals surface area contributed by atoms with Gasteiger partial charge in [0.15, 0.2) is 0 Å². The van der Waals surface area contributed by atoms with Gasteiger partial charge in [0, 0.05) is 19.3 Å². The van der Waals surface area contributed by atoms with Crippen molar-refractivity contribution in [3.63, 3.8) is 0 Å². The van der Waals surface area contributed by atoms with Gasteiger partial charge in [0.25, 0.3) is 0 Å². The second-order valence-corrected chi connectivity index (χ2v) is 4.08. The van der Waals surface area contributed by atoms with Crippen molar-refractivity contribution in [1.29, 1.82) is 0 Å². The van der Waals surface area contributed by atoms with Crippen LogP contribution in [0, 0.1) is 6.92 Å². The van der Waals surface area contributed by atoms with Gasteiger partial charge in [0.05, 0.1) is 16.9 Å². The minimum Gasteiger partial charge on any atom is -0.478 e. The first-order chi connectivity index (χ1) is 8.11. The molecule has 17 heavy (non-hydrogen) atoms. The van der Waals surface area contributed by atoms with Gasteiger partial charge in [0.2, 0.25) is 0 Å². The van der Waals surface area contributed by atoms with Crippen molar-refractivity contribution in [2.45, 2.75) is 33.6 Å². The molecule has 94 valence electrons. The number of aromatic carboxylic acids is 1. The Hall–Kier alpha value is -1.58. The van der Waals surface area contributed by atoms with Crippen molar-refractivity contribution in [2.24, 2.45) is 0 Å². The van der Waals surface area contributed by atoms with Gasteiger partial charge in [-0.2, -0.15) is 0 Å². The number of aromatic nitrogens is 1. The Morgan fingerprint density at radius 2 is 1.94 bits per heavy atom. The Bertz CT molecular complexity index is 385. The lowest BCUT2D eigenvalue weighted by atomic mass is 10.1. The third-order valence-electron chi connectivity index (χ3n) is 2.64. The first-order valence-corrected chi connectivity index (χ1v) is 6.05. The Labute approximate surface area is 102 Å². The fraction of sp³-hybridized carbons (Fsp3) is 0.538. The number of aryl methyl sites for hydroxylation is 1. The summed E-state index contributed by atoms with van der Waals surface area (Å²) in [7, 11) is 0. The van der Waals surface area contributed by atoms with E-state index in [-0.39, 0.29) is 0 Å². The molecule has 0 aromatic carbocycles. The van der Waals surface area contributed by atoms with Crippen molar-refractivity contribution in [1.82, 2.24) is 4.98 Å². The van der Waals surface area contributed by atoms with Gasteiger partial charge in [-0.25, -0.2) is 4.79 Å². The van der Waals surface area contributed by atoms with Crippen molar-refractivity contribution < 1.29 is 9.90 Å². The van der Waals surface area contributed by atoms with Crippen LogP contribution in [-0.2, 0) is 0 Å². The zero-order chi connectivity index (χ0) is 12.8. The van der Waals surface area contributed by atoms with E-state index in [4.69, 9.17) is 0 Å². The first-order valence-electron chi connectivity index (χ1n) is 6.05. The zero-order valence-electron chi connectivity index (χ0n) is 10.7. The molecule has 4 nitrogen and oxygen atoms in total. The standard InChI is InChI=1S/C13H20N2O2/c1-4-8-15(9-5-2)12-10(3)14-7-6-11(12)13(16)17/h6-7H,4-5,8-9H2,1-3H3,(H,16,17). The molecule has 0 aliphatic rings. The molecule has 1 aromatic heterocycles. The van der Waals surface area contributed by atoms with E-state index < -0.39 is 5.97 Å². The summed E-state index contributed by atoms with van der Waals surface area (Å²) in [5.41, 5.74) is 1.90. The number of hydrogen-bond acceptors (Lipinski definition) is 3. The minimum atomic E-state index is -0.886. The number of hydrogen-bond donors (Lipinski definition) is 1. The van der Waals surface area contributed by atoms with E-state index in [0.717, 1.165) is 37.3 Å². The number of carboxylic acids is 1. The molecule has 1 rings (SSSR count). The van der Waals surface area contributed by atoms with E-state index in [0.29, 0.717) is 5.56 Å². The molecule has 0 unspecified atom stereocenters. The minimum absolute atomic E-state index is 0.347. The van der Waals surface area contributed by atoms with Crippen LogP contribution in [0.25, 0.3) is 0 Å². The van der Waals surface area contributed by atoms with Crippen molar-refractivity contribution in [2.75, 3.05) is 18.0 Å². The number of nitrogens with zero attached hydrogens (tertiary/aromatic N) is 2. The van der Waals surface area contributed by atoms with E-state index in [9.17, 15) is 9.90 Å². The SMILES string of the molecule is CCCN(CCC)c1c(C(=O)O)ccnc1C. The van der Waals surface area contributed by atoms with Gasteiger partial charge in [-0.15, -0.1) is 0 Å². The van der Waals surface area contributed by atoms with E-state index >= 15 is 0 Å². The van der Waals surface area contributed by atoms with Gasteiger partial charge < -0.3 is 10.0 Å². The predicted octanol–water partition coefficient (Wildman–Crippen LogP) is 2.71. The molecule has 0 fully saturated rings. The summed E-state index contributed by atoms with van der Waals surface area (Å²) in [6, 6.07) is 1.57. The Morgan fingerprint density at radius 3 is 2.41 bits per heavy atom. The highest BCUT2D eigenvalue weighted by molar-refractivity contribution is 5.94. The van der Waals surface area contributed by atoms with E-state index in [2.05, 4.69) is 23.7 Å². The first kappa shape index (κ1) is 13.5. The summed E-state index contributed by atoms with van der Waals surface area (Å²) >= 11 is 0. The lowest BCUT2D eigenvalue weighted by Gasteiger charge is -2.26. The number of rotatable bonds is 6. The molecule has 0 atom stereocenters. The molecule has 1 aromatic rings. The summed E-state index contributed by atoms with van der Waals surface area (Å²) in [4.78, 5) is 17.6. The number of pyridine rings is 1. The molecular formula is C13H20N2O2. The molecular weight excluding hydrogens is 216 g/mol. The summed E-state index contributed by atoms with van der Waals surface area (Å²) in [5, 5.41) is 9.22. The van der Waals surface area contributed by atoms with Crippen LogP contribution < -0.4 is 4.90 Å². The summed E-state index contributed by atoms with van der Waals surface area (Å²) < 4.78 is 0. The molecule has 0 bridgehead atoms. The average molecular weight is 236 g/mol. The van der Waals surface area contributed by atoms with Crippen LogP contribution in [0.15, 0.2) is 12.3 Å². The topological polar surface area (TPSA) is 53.4 Å². The monoisotopic (exact) mass is 236 g/mol. The van der Waals surface area contributed by atoms with Crippen LogP contribution in [0.2, 0.25) is 0 Å². The van der Waals surface area contributed by atoms with Gasteiger partial charge in [-0.05, 0) is 25.8 Å². The van der Waals surface area contributed by atoms with E-state index in [1.165, 1.54) is 0 Å². The fourth-order valence-electron chi connectivity index (χ4n) is 2.01. The van der Waals surface area contributed by atoms with Crippen molar-refractivity contribution in [3.05, 3.63) is 23.5 Å². The highest BCUT2D eigenvalue weighted by Gasteiger charge is 2.17. The summed E-state index contributed by atoms with van der Waals surface area (Å²) in [6.45, 7) is 7.77. The van der Waals surface area contributed by atoms with Crippen LogP contribution in [-0.4, -0.2) is 29.1 Å². The highest BCUT2D eigenvalue weighted by Crippen LogP contribution is 2.24. The molecule has 4 heteroatoms. The smallest absolute Gasteiger partial charge is 0.337 e. The second-order valence-electron chi connectivity index (χ2n) is 4.08. The van der Waals surface area contributed by atoms with Gasteiger partial charge >= 0.3 is 5.97 Å². The van der Waals surface area contributed by atoms with E-state index in [1.807, 2.05) is 6.92 Å². The van der Waals surface area contributed by atoms with Gasteiger partial charge in [-0.3, -0.25) is 4.98 Å². The van der Waals surface area contributed by atoms with E-state index in [1.54, 1.807) is 12.3 Å². The van der Waals surface area contributed by atoms with Crippen molar-refractivity contribution in [3.8, 4) is 0 Å². The van der Waals surface area contributed by atoms with Crippen LogP contribution in [0.4, 0.5) is 5.69 Å². The second kappa shape index (κ2) is 6.23. The predicted molar refractivity (Wildman–Crippen MR) is 68.7 cm³/mol. The number of anilines is 1. The van der Waals surface area contributed by atoms with Gasteiger partial charge in [0.1, 0.15) is 0 Å². The number of carboxylic acid groups (broad SMARTS) is 1. The fourth-order valence-corrected chi connectivity index (χ4v) is 2.01. The number of carbonyl (C=O) groups is 1. The third-order valence-corrected chi connectivity index (χ3v) is 2.64. The summed E-state index contributed by atoms with van der Waals surface area (Å²) in [6.07, 6.45) is 3.54. The molecule has 0 saturated carbocycles. The molecule has 0 saturated heterocycles.